The van der Waals surface area contributed by atoms with Gasteiger partial charge in [-0.1, -0.05) is 18.2 Å². The lowest BCUT2D eigenvalue weighted by atomic mass is 10.2. The van der Waals surface area contributed by atoms with Crippen LogP contribution in [-0.2, 0) is 17.5 Å². The van der Waals surface area contributed by atoms with Gasteiger partial charge in [0.2, 0.25) is 5.91 Å². The van der Waals surface area contributed by atoms with Gasteiger partial charge in [-0.2, -0.15) is 13.2 Å². The van der Waals surface area contributed by atoms with Gasteiger partial charge in [0.25, 0.3) is 5.91 Å². The molecule has 172 valence electrons. The van der Waals surface area contributed by atoms with Crippen molar-refractivity contribution in [2.45, 2.75) is 12.7 Å². The molecule has 0 aliphatic heterocycles. The third-order valence-electron chi connectivity index (χ3n) is 4.56. The topological polar surface area (TPSA) is 92.4 Å². The van der Waals surface area contributed by atoms with E-state index in [4.69, 9.17) is 4.74 Å². The Morgan fingerprint density at radius 3 is 2.45 bits per heavy atom. The van der Waals surface area contributed by atoms with Gasteiger partial charge in [-0.05, 0) is 48.0 Å². The summed E-state index contributed by atoms with van der Waals surface area (Å²) in [6.45, 7) is -0.0131. The third kappa shape index (κ3) is 6.70. The van der Waals surface area contributed by atoms with Crippen LogP contribution in [0.5, 0.6) is 5.75 Å². The van der Waals surface area contributed by atoms with E-state index in [1.807, 2.05) is 0 Å². The molecule has 0 aliphatic carbocycles. The molecule has 1 aromatic heterocycles. The molecule has 2 aromatic carbocycles. The van der Waals surface area contributed by atoms with Gasteiger partial charge in [0.1, 0.15) is 11.6 Å². The van der Waals surface area contributed by atoms with Crippen LogP contribution in [0.1, 0.15) is 21.5 Å². The highest BCUT2D eigenvalue weighted by Crippen LogP contribution is 2.31. The van der Waals surface area contributed by atoms with Crippen LogP contribution in [0.15, 0.2) is 66.9 Å². The quantitative estimate of drug-likeness (QED) is 0.476. The fourth-order valence-electron chi connectivity index (χ4n) is 2.86. The number of ether oxygens (including phenoxy) is 1. The van der Waals surface area contributed by atoms with Gasteiger partial charge in [-0.3, -0.25) is 9.59 Å². The summed E-state index contributed by atoms with van der Waals surface area (Å²) in [6.07, 6.45) is -3.10. The van der Waals surface area contributed by atoms with E-state index in [1.165, 1.54) is 30.5 Å². The molecule has 3 rings (SSSR count). The molecule has 7 nitrogen and oxygen atoms in total. The Labute approximate surface area is 188 Å². The van der Waals surface area contributed by atoms with Crippen LogP contribution < -0.4 is 20.7 Å². The van der Waals surface area contributed by atoms with Crippen LogP contribution in [-0.4, -0.2) is 30.5 Å². The lowest BCUT2D eigenvalue weighted by Gasteiger charge is -2.13. The van der Waals surface area contributed by atoms with Crippen molar-refractivity contribution in [1.29, 1.82) is 0 Å². The van der Waals surface area contributed by atoms with Crippen LogP contribution in [0.2, 0.25) is 0 Å². The first kappa shape index (κ1) is 23.6. The number of benzene rings is 2. The fourth-order valence-corrected chi connectivity index (χ4v) is 2.86. The predicted molar refractivity (Wildman–Crippen MR) is 116 cm³/mol. The Hall–Kier alpha value is -4.08. The van der Waals surface area contributed by atoms with Gasteiger partial charge in [-0.15, -0.1) is 0 Å². The van der Waals surface area contributed by atoms with Crippen molar-refractivity contribution in [3.8, 4) is 5.75 Å². The lowest BCUT2D eigenvalue weighted by Crippen LogP contribution is -2.36. The number of halogens is 3. The van der Waals surface area contributed by atoms with Crippen LogP contribution in [0.25, 0.3) is 0 Å². The highest BCUT2D eigenvalue weighted by atomic mass is 19.4. The van der Waals surface area contributed by atoms with Gasteiger partial charge >= 0.3 is 6.18 Å². The van der Waals surface area contributed by atoms with Crippen LogP contribution in [0, 0.1) is 0 Å². The maximum atomic E-state index is 12.9. The van der Waals surface area contributed by atoms with E-state index in [9.17, 15) is 22.8 Å². The monoisotopic (exact) mass is 458 g/mol. The van der Waals surface area contributed by atoms with Crippen molar-refractivity contribution in [3.63, 3.8) is 0 Å². The Balaban J connectivity index is 1.59. The van der Waals surface area contributed by atoms with Crippen LogP contribution in [0.4, 0.5) is 24.7 Å². The second-order valence-electron chi connectivity index (χ2n) is 6.91. The first-order chi connectivity index (χ1) is 15.8. The lowest BCUT2D eigenvalue weighted by molar-refractivity contribution is -0.137. The molecule has 0 unspecified atom stereocenters. The second-order valence-corrected chi connectivity index (χ2v) is 6.91. The molecule has 0 saturated heterocycles. The number of methoxy groups -OCH3 is 1. The number of carbonyl (C=O) groups excluding carboxylic acids is 2. The predicted octanol–water partition coefficient (Wildman–Crippen LogP) is 3.90. The largest absolute Gasteiger partial charge is 0.497 e. The van der Waals surface area contributed by atoms with Crippen molar-refractivity contribution < 1.29 is 27.5 Å². The molecule has 0 atom stereocenters. The second kappa shape index (κ2) is 10.5. The van der Waals surface area contributed by atoms with Crippen molar-refractivity contribution in [3.05, 3.63) is 83.6 Å². The van der Waals surface area contributed by atoms with Crippen LogP contribution in [0.3, 0.4) is 0 Å². The number of nitrogens with one attached hydrogen (secondary N) is 3. The van der Waals surface area contributed by atoms with Crippen molar-refractivity contribution >= 4 is 23.3 Å². The number of aromatic nitrogens is 1. The molecule has 1 heterocycles. The number of nitrogens with zero attached hydrogens (tertiary/aromatic N) is 1. The summed E-state index contributed by atoms with van der Waals surface area (Å²) in [5, 5.41) is 7.90. The zero-order valence-electron chi connectivity index (χ0n) is 17.6. The zero-order valence-corrected chi connectivity index (χ0v) is 17.6. The summed E-state index contributed by atoms with van der Waals surface area (Å²) in [5.41, 5.74) is 0.228. The maximum Gasteiger partial charge on any atom is 0.416 e. The molecule has 3 aromatic rings. The zero-order chi connectivity index (χ0) is 23.8. The van der Waals surface area contributed by atoms with Gasteiger partial charge in [-0.25, -0.2) is 4.98 Å². The number of amides is 2. The summed E-state index contributed by atoms with van der Waals surface area (Å²) in [6, 6.07) is 14.7. The SMILES string of the molecule is COc1ccc(CNC(=O)CNC(=O)c2cccnc2Nc2cccc(C(F)(F)F)c2)cc1. The van der Waals surface area contributed by atoms with E-state index >= 15 is 0 Å². The average molecular weight is 458 g/mol. The van der Waals surface area contributed by atoms with E-state index in [1.54, 1.807) is 31.4 Å². The molecule has 0 fully saturated rings. The first-order valence-corrected chi connectivity index (χ1v) is 9.83. The molecular formula is C23H21F3N4O3. The minimum absolute atomic E-state index is 0.0629. The van der Waals surface area contributed by atoms with Crippen molar-refractivity contribution in [1.82, 2.24) is 15.6 Å². The maximum absolute atomic E-state index is 12.9. The minimum Gasteiger partial charge on any atom is -0.497 e. The van der Waals surface area contributed by atoms with E-state index in [-0.39, 0.29) is 30.2 Å². The number of hydrogen-bond acceptors (Lipinski definition) is 5. The van der Waals surface area contributed by atoms with Crippen molar-refractivity contribution in [2.24, 2.45) is 0 Å². The van der Waals surface area contributed by atoms with E-state index in [2.05, 4.69) is 20.9 Å². The Morgan fingerprint density at radius 1 is 1.00 bits per heavy atom. The number of hydrogen-bond donors (Lipinski definition) is 3. The van der Waals surface area contributed by atoms with Gasteiger partial charge in [0.05, 0.1) is 24.8 Å². The molecule has 10 heteroatoms. The third-order valence-corrected chi connectivity index (χ3v) is 4.56. The van der Waals surface area contributed by atoms with E-state index < -0.39 is 23.6 Å². The summed E-state index contributed by atoms with van der Waals surface area (Å²) in [5.74, 6) is -0.246. The molecule has 2 amide bonds. The van der Waals surface area contributed by atoms with Gasteiger partial charge in [0.15, 0.2) is 0 Å². The number of rotatable bonds is 8. The number of carbonyl (C=O) groups is 2. The summed E-state index contributed by atoms with van der Waals surface area (Å²) in [7, 11) is 1.56. The van der Waals surface area contributed by atoms with E-state index in [0.29, 0.717) is 5.75 Å². The van der Waals surface area contributed by atoms with Crippen molar-refractivity contribution in [2.75, 3.05) is 19.0 Å². The average Bonchev–Trinajstić information content (AvgIpc) is 2.81. The molecule has 0 bridgehead atoms. The Kier molecular flexibility index (Phi) is 7.50. The smallest absolute Gasteiger partial charge is 0.416 e. The number of pyridine rings is 1. The molecular weight excluding hydrogens is 437 g/mol. The molecule has 33 heavy (non-hydrogen) atoms. The fraction of sp³-hybridized carbons (Fsp3) is 0.174. The standard InChI is InChI=1S/C23H21F3N4O3/c1-33-18-9-7-15(8-10-18)13-28-20(31)14-29-22(32)19-6-3-11-27-21(19)30-17-5-2-4-16(12-17)23(24,25)26/h2-12H,13-14H2,1H3,(H,27,30)(H,28,31)(H,29,32). The Morgan fingerprint density at radius 2 is 1.76 bits per heavy atom. The van der Waals surface area contributed by atoms with E-state index in [0.717, 1.165) is 17.7 Å². The minimum atomic E-state index is -4.50. The Bertz CT molecular complexity index is 1120. The highest BCUT2D eigenvalue weighted by Gasteiger charge is 2.30. The number of alkyl halides is 3. The molecule has 0 spiro atoms. The normalized spacial score (nSPS) is 10.9. The molecule has 0 saturated carbocycles. The highest BCUT2D eigenvalue weighted by molar-refractivity contribution is 6.00. The summed E-state index contributed by atoms with van der Waals surface area (Å²) >= 11 is 0. The summed E-state index contributed by atoms with van der Waals surface area (Å²) < 4.78 is 43.9. The van der Waals surface area contributed by atoms with Crippen LogP contribution >= 0.6 is 0 Å². The molecule has 3 N–H and O–H groups in total. The molecule has 0 aliphatic rings. The van der Waals surface area contributed by atoms with Gasteiger partial charge in [0, 0.05) is 18.4 Å². The first-order valence-electron chi connectivity index (χ1n) is 9.83. The molecule has 0 radical (unpaired) electrons. The summed E-state index contributed by atoms with van der Waals surface area (Å²) in [4.78, 5) is 28.7. The number of anilines is 2. The van der Waals surface area contributed by atoms with Gasteiger partial charge < -0.3 is 20.7 Å².